The molecule has 0 fully saturated rings. The minimum Gasteiger partial charge on any atom is -0.332 e. The first-order valence-electron chi connectivity index (χ1n) is 8.02. The van der Waals surface area contributed by atoms with Crippen molar-refractivity contribution in [2.75, 3.05) is 6.54 Å². The van der Waals surface area contributed by atoms with Gasteiger partial charge in [0.15, 0.2) is 0 Å². The molecule has 0 aromatic carbocycles. The number of thiophene rings is 1. The molecule has 5 heteroatoms. The number of carbonyl (C=O) groups is 1. The van der Waals surface area contributed by atoms with Gasteiger partial charge in [-0.05, 0) is 38.0 Å². The summed E-state index contributed by atoms with van der Waals surface area (Å²) in [5.74, 6) is 0.0884. The molecule has 2 aromatic heterocycles. The Bertz CT molecular complexity index is 603. The molecule has 0 aliphatic rings. The predicted octanol–water partition coefficient (Wildman–Crippen LogP) is 4.11. The molecule has 0 bridgehead atoms. The summed E-state index contributed by atoms with van der Waals surface area (Å²) >= 11 is 1.76. The molecule has 2 rings (SSSR count). The quantitative estimate of drug-likeness (QED) is 0.734. The van der Waals surface area contributed by atoms with Crippen LogP contribution in [0, 0.1) is 6.92 Å². The van der Waals surface area contributed by atoms with Crippen LogP contribution in [-0.2, 0) is 13.1 Å². The third kappa shape index (κ3) is 4.19. The number of aryl methyl sites for hydroxylation is 2. The third-order valence-electron chi connectivity index (χ3n) is 3.58. The number of rotatable bonds is 8. The number of unbranched alkanes of at least 4 members (excludes halogenated alkanes) is 1. The zero-order valence-electron chi connectivity index (χ0n) is 13.7. The largest absolute Gasteiger partial charge is 0.332 e. The van der Waals surface area contributed by atoms with E-state index in [1.807, 2.05) is 15.6 Å². The van der Waals surface area contributed by atoms with Gasteiger partial charge in [0, 0.05) is 29.0 Å². The fraction of sp³-hybridized carbons (Fsp3) is 0.529. The van der Waals surface area contributed by atoms with E-state index in [1.165, 1.54) is 9.75 Å². The monoisotopic (exact) mass is 319 g/mol. The predicted molar refractivity (Wildman–Crippen MR) is 91.2 cm³/mol. The van der Waals surface area contributed by atoms with Crippen molar-refractivity contribution in [1.82, 2.24) is 14.7 Å². The molecule has 0 unspecified atom stereocenters. The Morgan fingerprint density at radius 1 is 1.27 bits per heavy atom. The highest BCUT2D eigenvalue weighted by Crippen LogP contribution is 2.19. The summed E-state index contributed by atoms with van der Waals surface area (Å²) in [6, 6.07) is 6.07. The first-order chi connectivity index (χ1) is 10.7. The van der Waals surface area contributed by atoms with Crippen molar-refractivity contribution in [2.45, 2.75) is 53.1 Å². The van der Waals surface area contributed by atoms with Crippen molar-refractivity contribution >= 4 is 17.2 Å². The number of hydrogen-bond donors (Lipinski definition) is 0. The summed E-state index contributed by atoms with van der Waals surface area (Å²) in [6.45, 7) is 8.62. The molecule has 0 N–H and O–H groups in total. The van der Waals surface area contributed by atoms with Crippen molar-refractivity contribution in [1.29, 1.82) is 0 Å². The van der Waals surface area contributed by atoms with E-state index in [9.17, 15) is 4.79 Å². The van der Waals surface area contributed by atoms with Gasteiger partial charge >= 0.3 is 0 Å². The van der Waals surface area contributed by atoms with Gasteiger partial charge in [0.1, 0.15) is 5.69 Å². The van der Waals surface area contributed by atoms with Crippen molar-refractivity contribution < 1.29 is 4.79 Å². The zero-order chi connectivity index (χ0) is 15.9. The Morgan fingerprint density at radius 3 is 2.73 bits per heavy atom. The van der Waals surface area contributed by atoms with Gasteiger partial charge in [0.2, 0.25) is 0 Å². The molecule has 0 radical (unpaired) electrons. The number of amides is 1. The molecular weight excluding hydrogens is 294 g/mol. The Hall–Kier alpha value is -1.62. The summed E-state index contributed by atoms with van der Waals surface area (Å²) in [4.78, 5) is 17.4. The molecule has 0 aliphatic carbocycles. The Labute approximate surface area is 136 Å². The van der Waals surface area contributed by atoms with Gasteiger partial charge in [-0.3, -0.25) is 9.48 Å². The smallest absolute Gasteiger partial charge is 0.272 e. The molecule has 0 saturated heterocycles. The maximum absolute atomic E-state index is 12.9. The van der Waals surface area contributed by atoms with Crippen LogP contribution in [0.25, 0.3) is 0 Å². The van der Waals surface area contributed by atoms with Gasteiger partial charge in [0.25, 0.3) is 5.91 Å². The molecule has 0 spiro atoms. The van der Waals surface area contributed by atoms with Gasteiger partial charge in [-0.2, -0.15) is 5.10 Å². The lowest BCUT2D eigenvalue weighted by molar-refractivity contribution is 0.0729. The maximum atomic E-state index is 12.9. The van der Waals surface area contributed by atoms with Gasteiger partial charge in [-0.15, -0.1) is 11.3 Å². The van der Waals surface area contributed by atoms with Gasteiger partial charge in [0.05, 0.1) is 6.54 Å². The zero-order valence-corrected chi connectivity index (χ0v) is 14.5. The summed E-state index contributed by atoms with van der Waals surface area (Å²) in [5, 5.41) is 4.27. The van der Waals surface area contributed by atoms with E-state index in [4.69, 9.17) is 0 Å². The fourth-order valence-corrected chi connectivity index (χ4v) is 3.33. The van der Waals surface area contributed by atoms with Crippen molar-refractivity contribution in [3.05, 3.63) is 39.8 Å². The lowest BCUT2D eigenvalue weighted by Crippen LogP contribution is -2.33. The number of hydrogen-bond acceptors (Lipinski definition) is 3. The van der Waals surface area contributed by atoms with Crippen LogP contribution in [0.1, 0.15) is 53.4 Å². The van der Waals surface area contributed by atoms with Crippen LogP contribution >= 0.6 is 11.3 Å². The molecule has 2 heterocycles. The lowest BCUT2D eigenvalue weighted by Gasteiger charge is -2.22. The van der Waals surface area contributed by atoms with Gasteiger partial charge < -0.3 is 4.90 Å². The minimum atomic E-state index is 0.0884. The van der Waals surface area contributed by atoms with Crippen LogP contribution in [0.5, 0.6) is 0 Å². The lowest BCUT2D eigenvalue weighted by atomic mass is 10.2. The molecule has 22 heavy (non-hydrogen) atoms. The van der Waals surface area contributed by atoms with E-state index in [2.05, 4.69) is 38.0 Å². The summed E-state index contributed by atoms with van der Waals surface area (Å²) in [6.07, 6.45) is 4.80. The summed E-state index contributed by atoms with van der Waals surface area (Å²) < 4.78 is 1.82. The SMILES string of the molecule is CCCCN(Cc1ccc(C)s1)C(=O)c1ccnn1CCC. The molecule has 0 aliphatic heterocycles. The number of nitrogens with zero attached hydrogens (tertiary/aromatic N) is 3. The Balaban J connectivity index is 2.16. The van der Waals surface area contributed by atoms with E-state index in [0.717, 1.165) is 32.4 Å². The molecule has 0 atom stereocenters. The molecule has 0 saturated carbocycles. The Morgan fingerprint density at radius 2 is 2.09 bits per heavy atom. The maximum Gasteiger partial charge on any atom is 0.272 e. The number of aromatic nitrogens is 2. The molecule has 4 nitrogen and oxygen atoms in total. The van der Waals surface area contributed by atoms with E-state index >= 15 is 0 Å². The molecule has 1 amide bonds. The normalized spacial score (nSPS) is 10.9. The molecule has 120 valence electrons. The fourth-order valence-electron chi connectivity index (χ4n) is 2.43. The van der Waals surface area contributed by atoms with Crippen molar-refractivity contribution in [2.24, 2.45) is 0 Å². The van der Waals surface area contributed by atoms with Gasteiger partial charge in [-0.25, -0.2) is 0 Å². The standard InChI is InChI=1S/C17H25N3OS/c1-4-6-12-19(13-15-8-7-14(3)22-15)17(21)16-9-10-18-20(16)11-5-2/h7-10H,4-6,11-13H2,1-3H3. The first kappa shape index (κ1) is 16.7. The minimum absolute atomic E-state index is 0.0884. The highest BCUT2D eigenvalue weighted by molar-refractivity contribution is 7.11. The second kappa shape index (κ2) is 8.13. The van der Waals surface area contributed by atoms with Crippen LogP contribution in [0.4, 0.5) is 0 Å². The third-order valence-corrected chi connectivity index (χ3v) is 4.57. The van der Waals surface area contributed by atoms with E-state index in [1.54, 1.807) is 17.5 Å². The van der Waals surface area contributed by atoms with Crippen LogP contribution in [0.3, 0.4) is 0 Å². The highest BCUT2D eigenvalue weighted by atomic mass is 32.1. The summed E-state index contributed by atoms with van der Waals surface area (Å²) in [5.41, 5.74) is 0.700. The van der Waals surface area contributed by atoms with Crippen molar-refractivity contribution in [3.63, 3.8) is 0 Å². The van der Waals surface area contributed by atoms with Crippen molar-refractivity contribution in [3.8, 4) is 0 Å². The first-order valence-corrected chi connectivity index (χ1v) is 8.83. The second-order valence-electron chi connectivity index (χ2n) is 5.53. The topological polar surface area (TPSA) is 38.1 Å². The van der Waals surface area contributed by atoms with Crippen LogP contribution in [0.15, 0.2) is 24.4 Å². The van der Waals surface area contributed by atoms with Crippen LogP contribution in [0.2, 0.25) is 0 Å². The van der Waals surface area contributed by atoms with Gasteiger partial charge in [-0.1, -0.05) is 20.3 Å². The average Bonchev–Trinajstić information content (AvgIpc) is 3.12. The average molecular weight is 319 g/mol. The van der Waals surface area contributed by atoms with E-state index < -0.39 is 0 Å². The van der Waals surface area contributed by atoms with E-state index in [-0.39, 0.29) is 5.91 Å². The van der Waals surface area contributed by atoms with Crippen LogP contribution in [-0.4, -0.2) is 27.1 Å². The molecule has 2 aromatic rings. The second-order valence-corrected chi connectivity index (χ2v) is 6.90. The Kier molecular flexibility index (Phi) is 6.19. The molecular formula is C17H25N3OS. The highest BCUT2D eigenvalue weighted by Gasteiger charge is 2.20. The summed E-state index contributed by atoms with van der Waals surface area (Å²) in [7, 11) is 0. The van der Waals surface area contributed by atoms with E-state index in [0.29, 0.717) is 12.2 Å². The number of carbonyl (C=O) groups excluding carboxylic acids is 1. The van der Waals surface area contributed by atoms with Crippen LogP contribution < -0.4 is 0 Å².